The van der Waals surface area contributed by atoms with Gasteiger partial charge in [-0.2, -0.15) is 11.3 Å². The Kier molecular flexibility index (Phi) is 8.20. The zero-order valence-corrected chi connectivity index (χ0v) is 20.8. The number of thiophene rings is 1. The van der Waals surface area contributed by atoms with E-state index in [1.807, 2.05) is 26.2 Å². The Morgan fingerprint density at radius 1 is 1.24 bits per heavy atom. The Bertz CT molecular complexity index is 1210. The fraction of sp³-hybridized carbons (Fsp3) is 0.500. The summed E-state index contributed by atoms with van der Waals surface area (Å²) in [5, 5.41) is 7.33. The number of aromatic nitrogens is 3. The minimum atomic E-state index is -0.589. The van der Waals surface area contributed by atoms with Crippen LogP contribution in [0.1, 0.15) is 74.6 Å². The smallest absolute Gasteiger partial charge is 0.329 e. The molecule has 3 heterocycles. The lowest BCUT2D eigenvalue weighted by Crippen LogP contribution is -2.38. The third-order valence-corrected chi connectivity index (χ3v) is 6.59. The number of hydrogen-bond acceptors (Lipinski definition) is 6. The second-order valence-corrected chi connectivity index (χ2v) is 9.14. The van der Waals surface area contributed by atoms with Gasteiger partial charge < -0.3 is 5.32 Å². The zero-order valence-electron chi connectivity index (χ0n) is 20.0. The maximum Gasteiger partial charge on any atom is 0.329 e. The van der Waals surface area contributed by atoms with Gasteiger partial charge in [-0.1, -0.05) is 34.6 Å². The van der Waals surface area contributed by atoms with Crippen molar-refractivity contribution in [1.82, 2.24) is 24.8 Å². The summed E-state index contributed by atoms with van der Waals surface area (Å²) in [6.07, 6.45) is 0.697. The molecule has 178 valence electrons. The molecular formula is C24H33N5O3S. The van der Waals surface area contributed by atoms with E-state index in [9.17, 15) is 14.4 Å². The molecule has 0 aliphatic heterocycles. The molecule has 3 rings (SSSR count). The van der Waals surface area contributed by atoms with Crippen LogP contribution in [-0.2, 0) is 6.54 Å². The molecule has 0 aromatic carbocycles. The van der Waals surface area contributed by atoms with Gasteiger partial charge in [0.1, 0.15) is 0 Å². The number of nitrogens with one attached hydrogen (secondary N) is 2. The van der Waals surface area contributed by atoms with E-state index in [4.69, 9.17) is 0 Å². The van der Waals surface area contributed by atoms with Gasteiger partial charge in [0.2, 0.25) is 0 Å². The minimum absolute atomic E-state index is 0.0274. The van der Waals surface area contributed by atoms with Crippen molar-refractivity contribution in [2.45, 2.75) is 59.5 Å². The van der Waals surface area contributed by atoms with Crippen LogP contribution >= 0.6 is 11.3 Å². The molecule has 0 saturated carbocycles. The van der Waals surface area contributed by atoms with Crippen molar-refractivity contribution >= 4 is 28.3 Å². The predicted octanol–water partition coefficient (Wildman–Crippen LogP) is 3.49. The average molecular weight is 472 g/mol. The Labute approximate surface area is 197 Å². The van der Waals surface area contributed by atoms with Crippen molar-refractivity contribution in [3.8, 4) is 0 Å². The molecule has 8 nitrogen and oxygen atoms in total. The van der Waals surface area contributed by atoms with E-state index in [0.717, 1.165) is 18.7 Å². The van der Waals surface area contributed by atoms with Crippen LogP contribution in [0.15, 0.2) is 32.5 Å². The van der Waals surface area contributed by atoms with Crippen LogP contribution in [0.4, 0.5) is 0 Å². The maximum atomic E-state index is 13.4. The molecule has 33 heavy (non-hydrogen) atoms. The van der Waals surface area contributed by atoms with E-state index in [1.54, 1.807) is 17.4 Å². The van der Waals surface area contributed by atoms with Gasteiger partial charge in [0.05, 0.1) is 17.0 Å². The zero-order chi connectivity index (χ0) is 24.1. The highest BCUT2D eigenvalue weighted by molar-refractivity contribution is 7.08. The summed E-state index contributed by atoms with van der Waals surface area (Å²) in [5.74, 6) is -0.316. The molecule has 0 saturated heterocycles. The lowest BCUT2D eigenvalue weighted by Gasteiger charge is -2.29. The Morgan fingerprint density at radius 2 is 1.97 bits per heavy atom. The van der Waals surface area contributed by atoms with Crippen LogP contribution in [0, 0.1) is 0 Å². The van der Waals surface area contributed by atoms with Crippen molar-refractivity contribution in [2.24, 2.45) is 0 Å². The molecule has 0 aliphatic carbocycles. The SMILES string of the molecule is CCCn1c(=O)[nH]c(=O)c2c(C(=O)NCC(c3ccsc3)N(CC)CC)cc(C(C)C)nc21. The third kappa shape index (κ3) is 5.25. The maximum absolute atomic E-state index is 13.4. The van der Waals surface area contributed by atoms with Crippen molar-refractivity contribution in [1.29, 1.82) is 0 Å². The summed E-state index contributed by atoms with van der Waals surface area (Å²) in [4.78, 5) is 47.9. The number of rotatable bonds is 10. The monoisotopic (exact) mass is 471 g/mol. The molecule has 0 bridgehead atoms. The fourth-order valence-corrected chi connectivity index (χ4v) is 4.78. The first-order valence-corrected chi connectivity index (χ1v) is 12.5. The first-order valence-electron chi connectivity index (χ1n) is 11.5. The number of carbonyl (C=O) groups excluding carboxylic acids is 1. The van der Waals surface area contributed by atoms with Crippen LogP contribution in [0.2, 0.25) is 0 Å². The number of carbonyl (C=O) groups is 1. The van der Waals surface area contributed by atoms with Gasteiger partial charge >= 0.3 is 5.69 Å². The van der Waals surface area contributed by atoms with E-state index >= 15 is 0 Å². The molecule has 1 atom stereocenters. The molecule has 0 spiro atoms. The fourth-order valence-electron chi connectivity index (χ4n) is 4.07. The van der Waals surface area contributed by atoms with Gasteiger partial charge in [-0.3, -0.25) is 24.0 Å². The first-order chi connectivity index (χ1) is 15.8. The summed E-state index contributed by atoms with van der Waals surface area (Å²) >= 11 is 1.63. The number of likely N-dealkylation sites (N-methyl/N-ethyl adjacent to an activating group) is 1. The van der Waals surface area contributed by atoms with Gasteiger partial charge in [0.25, 0.3) is 11.5 Å². The van der Waals surface area contributed by atoms with Crippen LogP contribution in [0.25, 0.3) is 11.0 Å². The molecule has 0 aliphatic rings. The number of nitrogens with zero attached hydrogens (tertiary/aromatic N) is 3. The number of fused-ring (bicyclic) bond motifs is 1. The van der Waals surface area contributed by atoms with Gasteiger partial charge in [0.15, 0.2) is 5.65 Å². The second kappa shape index (κ2) is 10.9. The third-order valence-electron chi connectivity index (χ3n) is 5.89. The highest BCUT2D eigenvalue weighted by Crippen LogP contribution is 2.23. The number of aryl methyl sites for hydroxylation is 1. The van der Waals surface area contributed by atoms with Crippen molar-refractivity contribution in [3.63, 3.8) is 0 Å². The van der Waals surface area contributed by atoms with Gasteiger partial charge in [-0.25, -0.2) is 9.78 Å². The van der Waals surface area contributed by atoms with Crippen LogP contribution in [0.3, 0.4) is 0 Å². The van der Waals surface area contributed by atoms with Crippen molar-refractivity contribution in [3.05, 3.63) is 60.6 Å². The summed E-state index contributed by atoms with van der Waals surface area (Å²) < 4.78 is 1.45. The van der Waals surface area contributed by atoms with E-state index in [2.05, 4.69) is 45.5 Å². The van der Waals surface area contributed by atoms with Gasteiger partial charge in [0, 0.05) is 18.8 Å². The molecule has 2 N–H and O–H groups in total. The number of amides is 1. The Morgan fingerprint density at radius 3 is 2.55 bits per heavy atom. The van der Waals surface area contributed by atoms with Crippen molar-refractivity contribution in [2.75, 3.05) is 19.6 Å². The van der Waals surface area contributed by atoms with E-state index < -0.39 is 11.2 Å². The van der Waals surface area contributed by atoms with Crippen molar-refractivity contribution < 1.29 is 4.79 Å². The predicted molar refractivity (Wildman–Crippen MR) is 133 cm³/mol. The lowest BCUT2D eigenvalue weighted by molar-refractivity contribution is 0.0936. The molecule has 0 fully saturated rings. The topological polar surface area (TPSA) is 100 Å². The van der Waals surface area contributed by atoms with Gasteiger partial charge in [-0.15, -0.1) is 0 Å². The van der Waals surface area contributed by atoms with Crippen LogP contribution in [0.5, 0.6) is 0 Å². The minimum Gasteiger partial charge on any atom is -0.350 e. The molecule has 1 amide bonds. The number of aromatic amines is 1. The normalized spacial score (nSPS) is 12.6. The molecule has 0 radical (unpaired) electrons. The molecule has 3 aromatic heterocycles. The van der Waals surface area contributed by atoms with E-state index in [-0.39, 0.29) is 34.5 Å². The van der Waals surface area contributed by atoms with E-state index in [1.165, 1.54) is 4.57 Å². The molecular weight excluding hydrogens is 438 g/mol. The number of hydrogen-bond donors (Lipinski definition) is 2. The molecule has 3 aromatic rings. The quantitative estimate of drug-likeness (QED) is 0.471. The summed E-state index contributed by atoms with van der Waals surface area (Å²) in [6.45, 7) is 12.6. The standard InChI is InChI=1S/C24H33N5O3S/c1-6-10-29-21-20(23(31)27-24(29)32)17(12-18(26-21)15(4)5)22(30)25-13-19(28(7-2)8-3)16-9-11-33-14-16/h9,11-12,14-15,19H,6-8,10,13H2,1-5H3,(H,25,30)(H,27,31,32). The second-order valence-electron chi connectivity index (χ2n) is 8.36. The van der Waals surface area contributed by atoms with Crippen LogP contribution in [-0.4, -0.2) is 45.0 Å². The summed E-state index contributed by atoms with van der Waals surface area (Å²) in [5.41, 5.74) is 1.24. The number of H-pyrrole nitrogens is 1. The molecule has 9 heteroatoms. The lowest BCUT2D eigenvalue weighted by atomic mass is 10.0. The highest BCUT2D eigenvalue weighted by atomic mass is 32.1. The average Bonchev–Trinajstić information content (AvgIpc) is 3.32. The summed E-state index contributed by atoms with van der Waals surface area (Å²) in [6, 6.07) is 3.78. The summed E-state index contributed by atoms with van der Waals surface area (Å²) in [7, 11) is 0. The highest BCUT2D eigenvalue weighted by Gasteiger charge is 2.23. The van der Waals surface area contributed by atoms with Crippen LogP contribution < -0.4 is 16.6 Å². The Balaban J connectivity index is 2.06. The first kappa shape index (κ1) is 24.9. The Hall–Kier alpha value is -2.78. The van der Waals surface area contributed by atoms with E-state index in [0.29, 0.717) is 25.2 Å². The van der Waals surface area contributed by atoms with Gasteiger partial charge in [-0.05, 0) is 53.9 Å². The largest absolute Gasteiger partial charge is 0.350 e. The molecule has 1 unspecified atom stereocenters. The number of pyridine rings is 1.